The summed E-state index contributed by atoms with van der Waals surface area (Å²) in [7, 11) is 0. The molecule has 1 N–H and O–H groups in total. The smallest absolute Gasteiger partial charge is 0.333 e. The molecule has 0 unspecified atom stereocenters. The third-order valence-electron chi connectivity index (χ3n) is 3.01. The van der Waals surface area contributed by atoms with Gasteiger partial charge in [-0.15, -0.1) is 0 Å². The fourth-order valence-electron chi connectivity index (χ4n) is 1.70. The van der Waals surface area contributed by atoms with Crippen molar-refractivity contribution in [2.75, 3.05) is 6.61 Å². The van der Waals surface area contributed by atoms with Crippen molar-refractivity contribution in [2.24, 2.45) is 0 Å². The quantitative estimate of drug-likeness (QED) is 0.431. The van der Waals surface area contributed by atoms with Crippen molar-refractivity contribution >= 4 is 11.9 Å². The molecule has 112 valence electrons. The van der Waals surface area contributed by atoms with Gasteiger partial charge in [0.2, 0.25) is 0 Å². The van der Waals surface area contributed by atoms with Crippen LogP contribution in [0.25, 0.3) is 0 Å². The lowest BCUT2D eigenvalue weighted by molar-refractivity contribution is -0.139. The van der Waals surface area contributed by atoms with Crippen LogP contribution in [0.4, 0.5) is 0 Å². The Kier molecular flexibility index (Phi) is 6.95. The number of carbonyl (C=O) groups is 2. The molecule has 0 heterocycles. The molecule has 0 bridgehead atoms. The lowest BCUT2D eigenvalue weighted by Gasteiger charge is -2.07. The number of rotatable bonds is 9. The van der Waals surface area contributed by atoms with Crippen molar-refractivity contribution in [2.45, 2.75) is 25.7 Å². The monoisotopic (exact) mass is 288 g/mol. The van der Waals surface area contributed by atoms with E-state index in [4.69, 9.17) is 9.84 Å². The van der Waals surface area contributed by atoms with E-state index in [2.05, 4.69) is 13.2 Å². The van der Waals surface area contributed by atoms with Gasteiger partial charge in [-0.05, 0) is 31.2 Å². The predicted molar refractivity (Wildman–Crippen MR) is 80.9 cm³/mol. The number of esters is 1. The predicted octanol–water partition coefficient (Wildman–Crippen LogP) is 3.14. The summed E-state index contributed by atoms with van der Waals surface area (Å²) in [4.78, 5) is 22.2. The molecule has 0 aliphatic rings. The summed E-state index contributed by atoms with van der Waals surface area (Å²) in [6.45, 7) is 7.31. The van der Waals surface area contributed by atoms with Gasteiger partial charge in [0.15, 0.2) is 0 Å². The Hall–Kier alpha value is -2.36. The van der Waals surface area contributed by atoms with Crippen molar-refractivity contribution in [3.8, 4) is 0 Å². The summed E-state index contributed by atoms with van der Waals surface area (Å²) in [5.74, 6) is -1.44. The first-order valence-electron chi connectivity index (χ1n) is 6.80. The number of carboxylic acids is 1. The molecular formula is C17H20O4. The number of hydrogen-bond acceptors (Lipinski definition) is 3. The minimum atomic E-state index is -1.02. The van der Waals surface area contributed by atoms with E-state index in [1.54, 1.807) is 0 Å². The fraction of sp³-hybridized carbons (Fsp3) is 0.294. The van der Waals surface area contributed by atoms with Gasteiger partial charge in [0.05, 0.1) is 6.61 Å². The van der Waals surface area contributed by atoms with Gasteiger partial charge in [0.25, 0.3) is 0 Å². The van der Waals surface area contributed by atoms with Gasteiger partial charge in [0, 0.05) is 11.1 Å². The maximum absolute atomic E-state index is 11.7. The van der Waals surface area contributed by atoms with Crippen LogP contribution in [-0.2, 0) is 20.7 Å². The van der Waals surface area contributed by atoms with E-state index in [-0.39, 0.29) is 12.2 Å². The SMILES string of the molecule is C=C(CCCOC(=O)C(=C)CCc1ccccc1)C(=O)O. The number of aryl methyl sites for hydroxylation is 1. The second-order valence-corrected chi connectivity index (χ2v) is 4.74. The molecule has 1 aromatic rings. The lowest BCUT2D eigenvalue weighted by Crippen LogP contribution is -2.10. The highest BCUT2D eigenvalue weighted by atomic mass is 16.5. The first-order chi connectivity index (χ1) is 10.0. The Balaban J connectivity index is 2.21. The molecule has 21 heavy (non-hydrogen) atoms. The number of aliphatic carboxylic acids is 1. The van der Waals surface area contributed by atoms with Crippen LogP contribution in [0, 0.1) is 0 Å². The van der Waals surface area contributed by atoms with Crippen molar-refractivity contribution in [3.05, 3.63) is 60.2 Å². The Bertz CT molecular complexity index is 517. The van der Waals surface area contributed by atoms with E-state index in [9.17, 15) is 9.59 Å². The van der Waals surface area contributed by atoms with E-state index in [1.165, 1.54) is 0 Å². The fourth-order valence-corrected chi connectivity index (χ4v) is 1.70. The van der Waals surface area contributed by atoms with Crippen LogP contribution >= 0.6 is 0 Å². The highest BCUT2D eigenvalue weighted by molar-refractivity contribution is 5.87. The summed E-state index contributed by atoms with van der Waals surface area (Å²) in [5, 5.41) is 8.64. The van der Waals surface area contributed by atoms with Gasteiger partial charge in [0.1, 0.15) is 0 Å². The Morgan fingerprint density at radius 2 is 1.71 bits per heavy atom. The second kappa shape index (κ2) is 8.74. The third kappa shape index (κ3) is 6.56. The Morgan fingerprint density at radius 3 is 2.33 bits per heavy atom. The molecule has 4 heteroatoms. The van der Waals surface area contributed by atoms with Crippen LogP contribution in [0.15, 0.2) is 54.6 Å². The van der Waals surface area contributed by atoms with Crippen LogP contribution in [-0.4, -0.2) is 23.7 Å². The number of benzene rings is 1. The Labute approximate surface area is 124 Å². The van der Waals surface area contributed by atoms with Crippen LogP contribution in [0.2, 0.25) is 0 Å². The molecule has 4 nitrogen and oxygen atoms in total. The average Bonchev–Trinajstić information content (AvgIpc) is 2.49. The zero-order valence-electron chi connectivity index (χ0n) is 12.0. The summed E-state index contributed by atoms with van der Waals surface area (Å²) >= 11 is 0. The van der Waals surface area contributed by atoms with Crippen molar-refractivity contribution in [1.82, 2.24) is 0 Å². The minimum absolute atomic E-state index is 0.119. The molecule has 0 aliphatic heterocycles. The molecular weight excluding hydrogens is 268 g/mol. The second-order valence-electron chi connectivity index (χ2n) is 4.74. The minimum Gasteiger partial charge on any atom is -0.478 e. The zero-order chi connectivity index (χ0) is 15.7. The first-order valence-corrected chi connectivity index (χ1v) is 6.80. The first kappa shape index (κ1) is 16.7. The van der Waals surface area contributed by atoms with E-state index < -0.39 is 11.9 Å². The van der Waals surface area contributed by atoms with Gasteiger partial charge in [-0.3, -0.25) is 0 Å². The van der Waals surface area contributed by atoms with Crippen molar-refractivity contribution in [1.29, 1.82) is 0 Å². The molecule has 0 fully saturated rings. The summed E-state index contributed by atoms with van der Waals surface area (Å²) in [5.41, 5.74) is 1.69. The highest BCUT2D eigenvalue weighted by Crippen LogP contribution is 2.10. The molecule has 1 aromatic carbocycles. The average molecular weight is 288 g/mol. The topological polar surface area (TPSA) is 63.6 Å². The highest BCUT2D eigenvalue weighted by Gasteiger charge is 2.09. The van der Waals surface area contributed by atoms with Gasteiger partial charge in [-0.1, -0.05) is 43.5 Å². The van der Waals surface area contributed by atoms with Crippen LogP contribution in [0.1, 0.15) is 24.8 Å². The number of carbonyl (C=O) groups excluding carboxylic acids is 1. The standard InChI is InChI=1S/C17H20O4/c1-13(16(18)19)7-6-12-21-17(20)14(2)10-11-15-8-4-3-5-9-15/h3-5,8-9H,1-2,6-7,10-12H2,(H,18,19). The normalized spacial score (nSPS) is 9.90. The zero-order valence-corrected chi connectivity index (χ0v) is 12.0. The van der Waals surface area contributed by atoms with Gasteiger partial charge < -0.3 is 9.84 Å². The molecule has 0 saturated heterocycles. The van der Waals surface area contributed by atoms with E-state index >= 15 is 0 Å². The Morgan fingerprint density at radius 1 is 1.05 bits per heavy atom. The molecule has 0 aliphatic carbocycles. The van der Waals surface area contributed by atoms with Crippen LogP contribution in [0.3, 0.4) is 0 Å². The van der Waals surface area contributed by atoms with Gasteiger partial charge in [-0.25, -0.2) is 9.59 Å². The van der Waals surface area contributed by atoms with E-state index in [0.29, 0.717) is 24.8 Å². The summed E-state index contributed by atoms with van der Waals surface area (Å²) < 4.78 is 5.05. The van der Waals surface area contributed by atoms with E-state index in [0.717, 1.165) is 12.0 Å². The van der Waals surface area contributed by atoms with Gasteiger partial charge >= 0.3 is 11.9 Å². The lowest BCUT2D eigenvalue weighted by atomic mass is 10.1. The number of ether oxygens (including phenoxy) is 1. The largest absolute Gasteiger partial charge is 0.478 e. The van der Waals surface area contributed by atoms with Crippen LogP contribution in [0.5, 0.6) is 0 Å². The van der Waals surface area contributed by atoms with Crippen molar-refractivity contribution in [3.63, 3.8) is 0 Å². The summed E-state index contributed by atoms with van der Waals surface area (Å²) in [6.07, 6.45) is 2.04. The maximum atomic E-state index is 11.7. The van der Waals surface area contributed by atoms with Gasteiger partial charge in [-0.2, -0.15) is 0 Å². The number of carboxylic acid groups (broad SMARTS) is 1. The van der Waals surface area contributed by atoms with Crippen LogP contribution < -0.4 is 0 Å². The molecule has 0 amide bonds. The van der Waals surface area contributed by atoms with Crippen molar-refractivity contribution < 1.29 is 19.4 Å². The van der Waals surface area contributed by atoms with E-state index in [1.807, 2.05) is 30.3 Å². The summed E-state index contributed by atoms with van der Waals surface area (Å²) in [6, 6.07) is 9.83. The maximum Gasteiger partial charge on any atom is 0.333 e. The molecule has 0 spiro atoms. The molecule has 0 atom stereocenters. The third-order valence-corrected chi connectivity index (χ3v) is 3.01. The molecule has 0 aromatic heterocycles. The molecule has 0 radical (unpaired) electrons. The number of hydrogen-bond donors (Lipinski definition) is 1. The molecule has 0 saturated carbocycles. The molecule has 1 rings (SSSR count).